The summed E-state index contributed by atoms with van der Waals surface area (Å²) in [6, 6.07) is 3.09. The number of anilines is 1. The van der Waals surface area contributed by atoms with Gasteiger partial charge in [-0.3, -0.25) is 9.59 Å². The van der Waals surface area contributed by atoms with Crippen LogP contribution in [0.25, 0.3) is 0 Å². The van der Waals surface area contributed by atoms with E-state index in [9.17, 15) is 9.59 Å². The second kappa shape index (κ2) is 5.51. The molecule has 0 aromatic carbocycles. The maximum atomic E-state index is 11.9. The van der Waals surface area contributed by atoms with Crippen LogP contribution in [-0.4, -0.2) is 40.0 Å². The molecule has 3 N–H and O–H groups in total. The molecule has 0 saturated heterocycles. The highest BCUT2D eigenvalue weighted by Crippen LogP contribution is 2.10. The lowest BCUT2D eigenvalue weighted by molar-refractivity contribution is -0.137. The number of nitrogens with two attached hydrogens (primary N) is 1. The summed E-state index contributed by atoms with van der Waals surface area (Å²) in [4.78, 5) is 27.3. The van der Waals surface area contributed by atoms with Gasteiger partial charge >= 0.3 is 5.97 Å². The van der Waals surface area contributed by atoms with E-state index >= 15 is 0 Å². The number of rotatable bonds is 4. The lowest BCUT2D eigenvalue weighted by atomic mass is 10.2. The topological polar surface area (TPSA) is 96.5 Å². The number of aliphatic carboxylic acids is 1. The van der Waals surface area contributed by atoms with E-state index in [0.717, 1.165) is 4.90 Å². The van der Waals surface area contributed by atoms with Gasteiger partial charge in [-0.2, -0.15) is 0 Å². The average Bonchev–Trinajstić information content (AvgIpc) is 2.28. The predicted molar refractivity (Wildman–Crippen MR) is 61.0 cm³/mol. The fraction of sp³-hybridized carbons (Fsp3) is 0.182. The van der Waals surface area contributed by atoms with Crippen LogP contribution in [0.4, 0.5) is 5.69 Å². The molecule has 0 bridgehead atoms. The van der Waals surface area contributed by atoms with Gasteiger partial charge in [-0.25, -0.2) is 4.98 Å². The molecule has 0 aliphatic rings. The van der Waals surface area contributed by atoms with Crippen molar-refractivity contribution in [3.8, 4) is 12.3 Å². The zero-order valence-corrected chi connectivity index (χ0v) is 8.96. The van der Waals surface area contributed by atoms with Crippen molar-refractivity contribution >= 4 is 17.6 Å². The van der Waals surface area contributed by atoms with E-state index in [2.05, 4.69) is 10.9 Å². The molecule has 1 heterocycles. The third-order valence-electron chi connectivity index (χ3n) is 1.94. The molecule has 6 heteroatoms. The Kier molecular flexibility index (Phi) is 4.06. The molecular weight excluding hydrogens is 222 g/mol. The summed E-state index contributed by atoms with van der Waals surface area (Å²) in [5.74, 6) is 0.473. The van der Waals surface area contributed by atoms with Crippen LogP contribution in [0.15, 0.2) is 18.3 Å². The summed E-state index contributed by atoms with van der Waals surface area (Å²) >= 11 is 0. The predicted octanol–water partition coefficient (Wildman–Crippen LogP) is -0.176. The summed E-state index contributed by atoms with van der Waals surface area (Å²) in [6.07, 6.45) is 6.47. The Bertz CT molecular complexity index is 479. The number of carboxylic acid groups (broad SMARTS) is 1. The first kappa shape index (κ1) is 12.5. The second-order valence-electron chi connectivity index (χ2n) is 3.20. The molecule has 0 spiro atoms. The zero-order valence-electron chi connectivity index (χ0n) is 8.96. The summed E-state index contributed by atoms with van der Waals surface area (Å²) in [7, 11) is 0. The Labute approximate surface area is 98.1 Å². The summed E-state index contributed by atoms with van der Waals surface area (Å²) in [6.45, 7) is -0.597. The highest BCUT2D eigenvalue weighted by molar-refractivity contribution is 5.98. The number of hydrogen-bond donors (Lipinski definition) is 2. The quantitative estimate of drug-likeness (QED) is 0.703. The molecule has 1 aromatic heterocycles. The minimum absolute atomic E-state index is 0.00370. The Morgan fingerprint density at radius 1 is 1.59 bits per heavy atom. The van der Waals surface area contributed by atoms with Crippen molar-refractivity contribution in [3.05, 3.63) is 24.0 Å². The fourth-order valence-corrected chi connectivity index (χ4v) is 1.22. The van der Waals surface area contributed by atoms with Crippen molar-refractivity contribution in [2.75, 3.05) is 18.8 Å². The van der Waals surface area contributed by atoms with Crippen LogP contribution >= 0.6 is 0 Å². The van der Waals surface area contributed by atoms with Crippen molar-refractivity contribution in [2.45, 2.75) is 0 Å². The number of nitrogens with zero attached hydrogens (tertiary/aromatic N) is 2. The SMILES string of the molecule is C#CCN(CC(=O)O)C(=O)c1ncccc1N. The number of terminal acetylenes is 1. The van der Waals surface area contributed by atoms with Crippen molar-refractivity contribution in [3.63, 3.8) is 0 Å². The van der Waals surface area contributed by atoms with Crippen molar-refractivity contribution in [1.82, 2.24) is 9.88 Å². The minimum Gasteiger partial charge on any atom is -0.480 e. The van der Waals surface area contributed by atoms with Gasteiger partial charge in [0.05, 0.1) is 12.2 Å². The molecule has 17 heavy (non-hydrogen) atoms. The van der Waals surface area contributed by atoms with Gasteiger partial charge in [0.25, 0.3) is 5.91 Å². The summed E-state index contributed by atoms with van der Waals surface area (Å²) in [5.41, 5.74) is 5.77. The second-order valence-corrected chi connectivity index (χ2v) is 3.20. The third-order valence-corrected chi connectivity index (χ3v) is 1.94. The minimum atomic E-state index is -1.15. The van der Waals surface area contributed by atoms with Crippen LogP contribution in [0, 0.1) is 12.3 Å². The first-order valence-electron chi connectivity index (χ1n) is 4.71. The molecule has 0 atom stereocenters. The van der Waals surface area contributed by atoms with E-state index < -0.39 is 18.4 Å². The molecule has 1 aromatic rings. The fourth-order valence-electron chi connectivity index (χ4n) is 1.22. The normalized spacial score (nSPS) is 9.35. The molecule has 0 fully saturated rings. The first-order chi connectivity index (χ1) is 8.06. The van der Waals surface area contributed by atoms with Gasteiger partial charge < -0.3 is 15.7 Å². The smallest absolute Gasteiger partial charge is 0.323 e. The summed E-state index contributed by atoms with van der Waals surface area (Å²) in [5, 5.41) is 8.66. The Morgan fingerprint density at radius 3 is 2.82 bits per heavy atom. The van der Waals surface area contributed by atoms with E-state index in [0.29, 0.717) is 0 Å². The van der Waals surface area contributed by atoms with Crippen LogP contribution in [0.2, 0.25) is 0 Å². The lowest BCUT2D eigenvalue weighted by Crippen LogP contribution is -2.36. The highest BCUT2D eigenvalue weighted by Gasteiger charge is 2.20. The number of carbonyl (C=O) groups excluding carboxylic acids is 1. The molecule has 1 amide bonds. The van der Waals surface area contributed by atoms with Crippen molar-refractivity contribution in [2.24, 2.45) is 0 Å². The van der Waals surface area contributed by atoms with E-state index in [1.165, 1.54) is 12.3 Å². The third kappa shape index (κ3) is 3.21. The number of carboxylic acids is 1. The molecule has 0 saturated carbocycles. The molecule has 1 rings (SSSR count). The largest absolute Gasteiger partial charge is 0.480 e. The van der Waals surface area contributed by atoms with Crippen LogP contribution in [0.1, 0.15) is 10.5 Å². The average molecular weight is 233 g/mol. The lowest BCUT2D eigenvalue weighted by Gasteiger charge is -2.17. The van der Waals surface area contributed by atoms with E-state index in [1.807, 2.05) is 0 Å². The van der Waals surface area contributed by atoms with E-state index in [-0.39, 0.29) is 17.9 Å². The molecule has 0 aliphatic carbocycles. The number of hydrogen-bond acceptors (Lipinski definition) is 4. The van der Waals surface area contributed by atoms with Crippen LogP contribution in [0.3, 0.4) is 0 Å². The highest BCUT2D eigenvalue weighted by atomic mass is 16.4. The van der Waals surface area contributed by atoms with Gasteiger partial charge in [0.15, 0.2) is 5.69 Å². The van der Waals surface area contributed by atoms with Gasteiger partial charge in [0.2, 0.25) is 0 Å². The molecular formula is C11H11N3O3. The van der Waals surface area contributed by atoms with E-state index in [1.54, 1.807) is 6.07 Å². The van der Waals surface area contributed by atoms with E-state index in [4.69, 9.17) is 17.3 Å². The van der Waals surface area contributed by atoms with Crippen LogP contribution < -0.4 is 5.73 Å². The monoisotopic (exact) mass is 233 g/mol. The Balaban J connectivity index is 2.96. The first-order valence-corrected chi connectivity index (χ1v) is 4.71. The number of nitrogen functional groups attached to an aromatic ring is 1. The standard InChI is InChI=1S/C11H11N3O3/c1-2-6-14(7-9(15)16)11(17)10-8(12)4-3-5-13-10/h1,3-5H,6-7,12H2,(H,15,16). The van der Waals surface area contributed by atoms with Crippen molar-refractivity contribution in [1.29, 1.82) is 0 Å². The number of pyridine rings is 1. The number of amides is 1. The van der Waals surface area contributed by atoms with Gasteiger partial charge in [-0.05, 0) is 12.1 Å². The van der Waals surface area contributed by atoms with Gasteiger partial charge in [-0.1, -0.05) is 5.92 Å². The molecule has 0 unspecified atom stereocenters. The molecule has 88 valence electrons. The summed E-state index contributed by atoms with van der Waals surface area (Å²) < 4.78 is 0. The van der Waals surface area contributed by atoms with Gasteiger partial charge in [-0.15, -0.1) is 6.42 Å². The zero-order chi connectivity index (χ0) is 12.8. The molecule has 0 aliphatic heterocycles. The Morgan fingerprint density at radius 2 is 2.29 bits per heavy atom. The Hall–Kier alpha value is -2.55. The van der Waals surface area contributed by atoms with Gasteiger partial charge in [0, 0.05) is 6.20 Å². The maximum Gasteiger partial charge on any atom is 0.323 e. The molecule has 6 nitrogen and oxygen atoms in total. The van der Waals surface area contributed by atoms with Crippen LogP contribution in [-0.2, 0) is 4.79 Å². The van der Waals surface area contributed by atoms with Crippen molar-refractivity contribution < 1.29 is 14.7 Å². The molecule has 0 radical (unpaired) electrons. The van der Waals surface area contributed by atoms with Crippen LogP contribution in [0.5, 0.6) is 0 Å². The number of carbonyl (C=O) groups is 2. The van der Waals surface area contributed by atoms with Gasteiger partial charge in [0.1, 0.15) is 6.54 Å². The number of aromatic nitrogens is 1. The maximum absolute atomic E-state index is 11.9.